The minimum atomic E-state index is -0.658. The summed E-state index contributed by atoms with van der Waals surface area (Å²) in [7, 11) is 1.66. The van der Waals surface area contributed by atoms with Crippen LogP contribution in [-0.4, -0.2) is 61.3 Å². The van der Waals surface area contributed by atoms with Crippen molar-refractivity contribution in [3.8, 4) is 33.2 Å². The van der Waals surface area contributed by atoms with Crippen LogP contribution in [0.2, 0.25) is 0 Å². The Morgan fingerprint density at radius 3 is 2.22 bits per heavy atom. The molecule has 2 heterocycles. The van der Waals surface area contributed by atoms with Gasteiger partial charge in [0.2, 0.25) is 0 Å². The van der Waals surface area contributed by atoms with E-state index in [4.69, 9.17) is 28.9 Å². The molecule has 0 bridgehead atoms. The number of rotatable bonds is 16. The maximum atomic E-state index is 13.0. The Morgan fingerprint density at radius 2 is 1.49 bits per heavy atom. The molecule has 8 aromatic rings. The number of alkyl carbamates (subject to hydrolysis) is 1. The van der Waals surface area contributed by atoms with Crippen molar-refractivity contribution in [3.05, 3.63) is 128 Å². The molecule has 0 saturated carbocycles. The Morgan fingerprint density at radius 1 is 0.797 bits per heavy atom. The van der Waals surface area contributed by atoms with Gasteiger partial charge >= 0.3 is 12.1 Å². The zero-order valence-electron chi connectivity index (χ0n) is 32.6. The third-order valence-corrected chi connectivity index (χ3v) is 13.8. The predicted octanol–water partition coefficient (Wildman–Crippen LogP) is 11.6. The first-order valence-corrected chi connectivity index (χ1v) is 21.8. The van der Waals surface area contributed by atoms with Gasteiger partial charge in [0.15, 0.2) is 15.8 Å². The Balaban J connectivity index is 1.18. The average molecular weight is 840 g/mol. The molecule has 6 aromatic carbocycles. The molecule has 1 unspecified atom stereocenters. The molecule has 2 aromatic heterocycles. The summed E-state index contributed by atoms with van der Waals surface area (Å²) in [6.45, 7) is 5.81. The van der Waals surface area contributed by atoms with E-state index in [0.29, 0.717) is 23.7 Å². The zero-order valence-corrected chi connectivity index (χ0v) is 35.0. The third kappa shape index (κ3) is 8.75. The number of ether oxygens (including phenoxy) is 4. The lowest BCUT2D eigenvalue weighted by Gasteiger charge is -2.32. The minimum Gasteiger partial charge on any atom is -0.493 e. The minimum absolute atomic E-state index is 0.00547. The number of nitrogens with one attached hydrogen (secondary N) is 1. The van der Waals surface area contributed by atoms with Crippen LogP contribution in [0.3, 0.4) is 0 Å². The molecule has 8 rings (SSSR count). The number of carbonyl (C=O) groups is 2. The lowest BCUT2D eigenvalue weighted by molar-refractivity contribution is -0.137. The summed E-state index contributed by atoms with van der Waals surface area (Å²) < 4.78 is 27.2. The monoisotopic (exact) mass is 839 g/mol. The third-order valence-electron chi connectivity index (χ3n) is 10.2. The van der Waals surface area contributed by atoms with Crippen molar-refractivity contribution in [2.45, 2.75) is 17.7 Å². The number of nitrogens with zero attached hydrogens (tertiary/aromatic N) is 2. The number of thioether (sulfide) groups is 1. The lowest BCUT2D eigenvalue weighted by Crippen LogP contribution is -2.39. The van der Waals surface area contributed by atoms with Crippen LogP contribution in [-0.2, 0) is 14.3 Å². The summed E-state index contributed by atoms with van der Waals surface area (Å²) in [5.74, 6) is 1.13. The van der Waals surface area contributed by atoms with E-state index < -0.39 is 17.5 Å². The quantitative estimate of drug-likeness (QED) is 0.0334. The lowest BCUT2D eigenvalue weighted by atomic mass is 9.89. The number of methoxy groups -OCH3 is 1. The summed E-state index contributed by atoms with van der Waals surface area (Å²) in [6, 6.07) is 39.4. The van der Waals surface area contributed by atoms with Crippen molar-refractivity contribution in [2.24, 2.45) is 5.41 Å². The number of hydrogen-bond donors (Lipinski definition) is 1. The SMILES string of the molecule is C=CC(=O)OCCNC(=O)OCC(CC)(COc1c(OC)cc(-c2nc3ccccc3s2)cc1-c1cc2ccccc2c2ccccc12)CSc1nc2ccccc2s1. The Kier molecular flexibility index (Phi) is 12.1. The Hall–Kier alpha value is -5.95. The van der Waals surface area contributed by atoms with Gasteiger partial charge in [-0.1, -0.05) is 98.1 Å². The summed E-state index contributed by atoms with van der Waals surface area (Å²) in [5, 5.41) is 8.02. The summed E-state index contributed by atoms with van der Waals surface area (Å²) in [4.78, 5) is 34.4. The van der Waals surface area contributed by atoms with Crippen LogP contribution in [0.15, 0.2) is 132 Å². The molecule has 9 nitrogen and oxygen atoms in total. The van der Waals surface area contributed by atoms with Crippen molar-refractivity contribution < 1.29 is 28.5 Å². The van der Waals surface area contributed by atoms with Crippen LogP contribution in [0, 0.1) is 5.41 Å². The number of carbonyl (C=O) groups excluding carboxylic acids is 2. The van der Waals surface area contributed by atoms with Crippen LogP contribution in [0.1, 0.15) is 13.3 Å². The molecule has 12 heteroatoms. The highest BCUT2D eigenvalue weighted by Gasteiger charge is 2.34. The molecule has 0 fully saturated rings. The van der Waals surface area contributed by atoms with E-state index in [2.05, 4.69) is 91.6 Å². The normalized spacial score (nSPS) is 12.4. The molecule has 298 valence electrons. The maximum Gasteiger partial charge on any atom is 0.407 e. The van der Waals surface area contributed by atoms with Crippen LogP contribution < -0.4 is 14.8 Å². The maximum absolute atomic E-state index is 13.0. The number of fused-ring (bicyclic) bond motifs is 5. The molecule has 0 aliphatic heterocycles. The number of hydrogen-bond acceptors (Lipinski definition) is 11. The van der Waals surface area contributed by atoms with Crippen LogP contribution in [0.5, 0.6) is 11.5 Å². The average Bonchev–Trinajstić information content (AvgIpc) is 3.92. The fourth-order valence-electron chi connectivity index (χ4n) is 6.92. The molecule has 0 saturated heterocycles. The Labute approximate surface area is 354 Å². The molecule has 1 amide bonds. The van der Waals surface area contributed by atoms with Crippen molar-refractivity contribution in [3.63, 3.8) is 0 Å². The van der Waals surface area contributed by atoms with Crippen molar-refractivity contribution in [1.82, 2.24) is 15.3 Å². The molecule has 1 atom stereocenters. The van der Waals surface area contributed by atoms with Gasteiger partial charge in [0.25, 0.3) is 0 Å². The summed E-state index contributed by atoms with van der Waals surface area (Å²) >= 11 is 4.88. The summed E-state index contributed by atoms with van der Waals surface area (Å²) in [6.07, 6.45) is 1.08. The summed E-state index contributed by atoms with van der Waals surface area (Å²) in [5.41, 5.74) is 3.98. The standard InChI is InChI=1S/C47H41N3O6S3/c1-4-42(51)54-23-22-48-45(52)56-28-47(5-2,29-57-46-50-38-19-11-13-21-41(38)59-46)27-55-43-36(35-24-30-14-6-7-15-32(30)33-16-8-9-17-34(33)35)25-31(26-39(43)53-3)44-49-37-18-10-12-20-40(37)58-44/h4,6-21,24-26H,1,5,22-23,27-29H2,2-3H3,(H,48,52). The van der Waals surface area contributed by atoms with E-state index in [-0.39, 0.29) is 26.4 Å². The van der Waals surface area contributed by atoms with Crippen LogP contribution in [0.4, 0.5) is 4.79 Å². The molecule has 59 heavy (non-hydrogen) atoms. The largest absolute Gasteiger partial charge is 0.493 e. The van der Waals surface area contributed by atoms with Crippen molar-refractivity contribution in [1.29, 1.82) is 0 Å². The highest BCUT2D eigenvalue weighted by atomic mass is 32.2. The molecule has 0 aliphatic carbocycles. The van der Waals surface area contributed by atoms with Crippen molar-refractivity contribution >= 4 is 88.5 Å². The second kappa shape index (κ2) is 17.9. The van der Waals surface area contributed by atoms with E-state index in [1.54, 1.807) is 41.5 Å². The van der Waals surface area contributed by atoms with E-state index in [0.717, 1.165) is 74.1 Å². The molecule has 0 aliphatic rings. The van der Waals surface area contributed by atoms with Crippen LogP contribution >= 0.6 is 34.4 Å². The molecule has 0 radical (unpaired) electrons. The topological polar surface area (TPSA) is 109 Å². The van der Waals surface area contributed by atoms with Crippen LogP contribution in [0.25, 0.3) is 63.7 Å². The van der Waals surface area contributed by atoms with Gasteiger partial charge in [-0.05, 0) is 76.0 Å². The number of thiazole rings is 2. The first-order valence-electron chi connectivity index (χ1n) is 19.2. The zero-order chi connectivity index (χ0) is 40.8. The highest BCUT2D eigenvalue weighted by Crippen LogP contribution is 2.47. The van der Waals surface area contributed by atoms with Gasteiger partial charge in [-0.15, -0.1) is 22.7 Å². The fourth-order valence-corrected chi connectivity index (χ4v) is 10.2. The van der Waals surface area contributed by atoms with Crippen molar-refractivity contribution in [2.75, 3.05) is 39.2 Å². The number of para-hydroxylation sites is 2. The van der Waals surface area contributed by atoms with Gasteiger partial charge in [-0.3, -0.25) is 0 Å². The van der Waals surface area contributed by atoms with Gasteiger partial charge in [0.1, 0.15) is 18.2 Å². The fraction of sp³-hybridized carbons (Fsp3) is 0.191. The highest BCUT2D eigenvalue weighted by molar-refractivity contribution is 8.01. The smallest absolute Gasteiger partial charge is 0.407 e. The second-order valence-corrected chi connectivity index (χ2v) is 17.3. The van der Waals surface area contributed by atoms with E-state index in [9.17, 15) is 9.59 Å². The number of aromatic nitrogens is 2. The molecular weight excluding hydrogens is 799 g/mol. The molecular formula is C47H41N3O6S3. The number of benzene rings is 6. The van der Waals surface area contributed by atoms with Gasteiger partial charge in [0.05, 0.1) is 40.7 Å². The molecule has 0 spiro atoms. The van der Waals surface area contributed by atoms with Gasteiger partial charge in [0, 0.05) is 28.4 Å². The molecule has 1 N–H and O–H groups in total. The number of amides is 1. The number of esters is 1. The first-order chi connectivity index (χ1) is 28.9. The van der Waals surface area contributed by atoms with Gasteiger partial charge in [-0.2, -0.15) is 0 Å². The predicted molar refractivity (Wildman–Crippen MR) is 241 cm³/mol. The van der Waals surface area contributed by atoms with Gasteiger partial charge in [-0.25, -0.2) is 19.6 Å². The first kappa shape index (κ1) is 39.9. The van der Waals surface area contributed by atoms with Gasteiger partial charge < -0.3 is 24.3 Å². The van der Waals surface area contributed by atoms with E-state index >= 15 is 0 Å². The Bertz CT molecular complexity index is 2750. The second-order valence-electron chi connectivity index (χ2n) is 14.0. The van der Waals surface area contributed by atoms with E-state index in [1.165, 1.54) is 0 Å². The van der Waals surface area contributed by atoms with E-state index in [1.807, 2.05) is 42.5 Å².